The molecule has 1 saturated carbocycles. The molecule has 1 aliphatic rings. The van der Waals surface area contributed by atoms with Crippen LogP contribution in [0.25, 0.3) is 11.0 Å². The van der Waals surface area contributed by atoms with Crippen LogP contribution in [0.4, 0.5) is 5.82 Å². The second kappa shape index (κ2) is 8.31. The lowest BCUT2D eigenvalue weighted by Crippen LogP contribution is -2.12. The third kappa shape index (κ3) is 4.20. The summed E-state index contributed by atoms with van der Waals surface area (Å²) in [6.45, 7) is 6.42. The van der Waals surface area contributed by atoms with E-state index in [1.165, 1.54) is 24.0 Å². The fraction of sp³-hybridized carbons (Fsp3) is 0.478. The molecule has 0 spiro atoms. The molecule has 1 fully saturated rings. The molecule has 0 saturated heterocycles. The maximum Gasteiger partial charge on any atom is 0.151 e. The first-order valence-corrected chi connectivity index (χ1v) is 10.4. The number of aryl methyl sites for hydroxylation is 3. The minimum absolute atomic E-state index is 0.540. The van der Waals surface area contributed by atoms with E-state index in [1.807, 2.05) is 6.92 Å². The summed E-state index contributed by atoms with van der Waals surface area (Å²) in [5.41, 5.74) is 11.7. The van der Waals surface area contributed by atoms with Crippen molar-refractivity contribution < 1.29 is 4.74 Å². The van der Waals surface area contributed by atoms with Crippen molar-refractivity contribution in [1.82, 2.24) is 14.5 Å². The molecule has 3 aromatic rings. The van der Waals surface area contributed by atoms with E-state index in [9.17, 15) is 0 Å². The molecule has 0 bridgehead atoms. The largest absolute Gasteiger partial charge is 0.382 e. The van der Waals surface area contributed by atoms with Gasteiger partial charge in [-0.05, 0) is 56.6 Å². The van der Waals surface area contributed by atoms with Crippen molar-refractivity contribution >= 4 is 16.9 Å². The quantitative estimate of drug-likeness (QED) is 0.566. The Labute approximate surface area is 166 Å². The molecule has 0 aliphatic heterocycles. The van der Waals surface area contributed by atoms with E-state index in [4.69, 9.17) is 15.5 Å². The van der Waals surface area contributed by atoms with E-state index in [2.05, 4.69) is 46.8 Å². The Morgan fingerprint density at radius 2 is 1.89 bits per heavy atom. The first-order chi connectivity index (χ1) is 13.6. The average molecular weight is 379 g/mol. The highest BCUT2D eigenvalue weighted by Gasteiger charge is 2.26. The van der Waals surface area contributed by atoms with Gasteiger partial charge < -0.3 is 15.0 Å². The van der Waals surface area contributed by atoms with E-state index in [1.54, 1.807) is 0 Å². The molecule has 2 heterocycles. The summed E-state index contributed by atoms with van der Waals surface area (Å²) in [5, 5.41) is 0. The Balaban J connectivity index is 1.41. The fourth-order valence-corrected chi connectivity index (χ4v) is 3.80. The van der Waals surface area contributed by atoms with Gasteiger partial charge >= 0.3 is 0 Å². The van der Waals surface area contributed by atoms with Gasteiger partial charge in [-0.3, -0.25) is 0 Å². The van der Waals surface area contributed by atoms with Gasteiger partial charge in [-0.1, -0.05) is 30.3 Å². The van der Waals surface area contributed by atoms with Gasteiger partial charge in [0, 0.05) is 25.3 Å². The number of pyridine rings is 1. The standard InChI is InChI=1S/C23H30N4O/c1-16-17(2)25-23(24)21-22(16)27(20(26-21)15-19-10-11-19)12-14-28-13-6-9-18-7-4-3-5-8-18/h3-5,7-8,19H,6,9-15H2,1-2H3,(H2,24,25). The lowest BCUT2D eigenvalue weighted by atomic mass is 10.1. The summed E-state index contributed by atoms with van der Waals surface area (Å²) in [7, 11) is 0. The second-order valence-electron chi connectivity index (χ2n) is 7.93. The van der Waals surface area contributed by atoms with Crippen molar-refractivity contribution in [2.24, 2.45) is 5.92 Å². The van der Waals surface area contributed by atoms with Crippen LogP contribution >= 0.6 is 0 Å². The van der Waals surface area contributed by atoms with Crippen molar-refractivity contribution in [3.63, 3.8) is 0 Å². The molecular formula is C23H30N4O. The summed E-state index contributed by atoms with van der Waals surface area (Å²) in [4.78, 5) is 9.34. The molecular weight excluding hydrogens is 348 g/mol. The molecule has 0 amide bonds. The topological polar surface area (TPSA) is 66.0 Å². The van der Waals surface area contributed by atoms with Gasteiger partial charge in [0.05, 0.1) is 12.1 Å². The zero-order valence-corrected chi connectivity index (χ0v) is 16.9. The van der Waals surface area contributed by atoms with Crippen LogP contribution in [0.3, 0.4) is 0 Å². The number of nitrogens with two attached hydrogens (primary N) is 1. The third-order valence-corrected chi connectivity index (χ3v) is 5.70. The van der Waals surface area contributed by atoms with Crippen LogP contribution in [-0.4, -0.2) is 27.7 Å². The lowest BCUT2D eigenvalue weighted by Gasteiger charge is -2.12. The first kappa shape index (κ1) is 18.9. The minimum Gasteiger partial charge on any atom is -0.382 e. The molecule has 148 valence electrons. The van der Waals surface area contributed by atoms with E-state index < -0.39 is 0 Å². The normalized spacial score (nSPS) is 14.1. The van der Waals surface area contributed by atoms with Gasteiger partial charge in [0.1, 0.15) is 11.3 Å². The maximum absolute atomic E-state index is 6.19. The van der Waals surface area contributed by atoms with Crippen molar-refractivity contribution in [1.29, 1.82) is 0 Å². The molecule has 2 N–H and O–H groups in total. The number of rotatable bonds is 9. The van der Waals surface area contributed by atoms with E-state index in [-0.39, 0.29) is 0 Å². The zero-order chi connectivity index (χ0) is 19.5. The Morgan fingerprint density at radius 1 is 1.11 bits per heavy atom. The Kier molecular flexibility index (Phi) is 5.62. The second-order valence-corrected chi connectivity index (χ2v) is 7.93. The third-order valence-electron chi connectivity index (χ3n) is 5.70. The molecule has 5 nitrogen and oxygen atoms in total. The lowest BCUT2D eigenvalue weighted by molar-refractivity contribution is 0.124. The summed E-state index contributed by atoms with van der Waals surface area (Å²) in [5.74, 6) is 2.45. The summed E-state index contributed by atoms with van der Waals surface area (Å²) in [6.07, 6.45) is 5.75. The van der Waals surface area contributed by atoms with Crippen LogP contribution in [-0.2, 0) is 24.1 Å². The summed E-state index contributed by atoms with van der Waals surface area (Å²) in [6, 6.07) is 10.6. The number of hydrogen-bond donors (Lipinski definition) is 1. The Bertz CT molecular complexity index is 944. The van der Waals surface area contributed by atoms with E-state index in [0.717, 1.165) is 60.9 Å². The van der Waals surface area contributed by atoms with Crippen LogP contribution in [0.2, 0.25) is 0 Å². The van der Waals surface area contributed by atoms with Crippen LogP contribution < -0.4 is 5.73 Å². The Morgan fingerprint density at radius 3 is 2.64 bits per heavy atom. The number of aromatic nitrogens is 3. The molecule has 0 atom stereocenters. The highest BCUT2D eigenvalue weighted by molar-refractivity contribution is 5.88. The number of benzene rings is 1. The number of anilines is 1. The molecule has 0 radical (unpaired) electrons. The van der Waals surface area contributed by atoms with Gasteiger partial charge in [-0.2, -0.15) is 0 Å². The number of imidazole rings is 1. The number of hydrogen-bond acceptors (Lipinski definition) is 4. The SMILES string of the molecule is Cc1nc(N)c2nc(CC3CC3)n(CCOCCCc3ccccc3)c2c1C. The number of nitrogen functional groups attached to an aromatic ring is 1. The van der Waals surface area contributed by atoms with Gasteiger partial charge in [-0.15, -0.1) is 0 Å². The molecule has 1 aromatic carbocycles. The van der Waals surface area contributed by atoms with Crippen molar-refractivity contribution in [3.8, 4) is 0 Å². The van der Waals surface area contributed by atoms with E-state index in [0.29, 0.717) is 12.4 Å². The number of ether oxygens (including phenoxy) is 1. The van der Waals surface area contributed by atoms with Crippen molar-refractivity contribution in [2.45, 2.75) is 52.5 Å². The van der Waals surface area contributed by atoms with Crippen LogP contribution in [0, 0.1) is 19.8 Å². The van der Waals surface area contributed by atoms with Crippen molar-refractivity contribution in [2.75, 3.05) is 18.9 Å². The van der Waals surface area contributed by atoms with Crippen LogP contribution in [0.5, 0.6) is 0 Å². The Hall–Kier alpha value is -2.40. The van der Waals surface area contributed by atoms with Gasteiger partial charge in [-0.25, -0.2) is 9.97 Å². The van der Waals surface area contributed by atoms with Crippen LogP contribution in [0.1, 0.15) is 41.9 Å². The highest BCUT2D eigenvalue weighted by Crippen LogP contribution is 2.34. The smallest absolute Gasteiger partial charge is 0.151 e. The molecule has 5 heteroatoms. The van der Waals surface area contributed by atoms with Gasteiger partial charge in [0.15, 0.2) is 5.82 Å². The van der Waals surface area contributed by atoms with Gasteiger partial charge in [0.25, 0.3) is 0 Å². The average Bonchev–Trinajstić information content (AvgIpc) is 3.43. The maximum atomic E-state index is 6.19. The predicted molar refractivity (Wildman–Crippen MR) is 113 cm³/mol. The zero-order valence-electron chi connectivity index (χ0n) is 16.9. The van der Waals surface area contributed by atoms with Crippen LogP contribution in [0.15, 0.2) is 30.3 Å². The first-order valence-electron chi connectivity index (χ1n) is 10.4. The molecule has 0 unspecified atom stereocenters. The predicted octanol–water partition coefficient (Wildman–Crippen LogP) is 4.23. The molecule has 1 aliphatic carbocycles. The monoisotopic (exact) mass is 378 g/mol. The summed E-state index contributed by atoms with van der Waals surface area (Å²) < 4.78 is 8.28. The van der Waals surface area contributed by atoms with Gasteiger partial charge in [0.2, 0.25) is 0 Å². The molecule has 4 rings (SSSR count). The van der Waals surface area contributed by atoms with E-state index >= 15 is 0 Å². The number of fused-ring (bicyclic) bond motifs is 1. The highest BCUT2D eigenvalue weighted by atomic mass is 16.5. The fourth-order valence-electron chi connectivity index (χ4n) is 3.80. The number of nitrogens with zero attached hydrogens (tertiary/aromatic N) is 3. The summed E-state index contributed by atoms with van der Waals surface area (Å²) >= 11 is 0. The molecule has 28 heavy (non-hydrogen) atoms. The molecule has 2 aromatic heterocycles. The van der Waals surface area contributed by atoms with Crippen molar-refractivity contribution in [3.05, 3.63) is 53.0 Å². The minimum atomic E-state index is 0.540.